The molecular weight excluding hydrogens is 464 g/mol. The van der Waals surface area contributed by atoms with Crippen LogP contribution in [0.3, 0.4) is 0 Å². The van der Waals surface area contributed by atoms with Crippen molar-refractivity contribution in [2.24, 2.45) is 0 Å². The standard InChI is InChI=1S/C32H32O5/c1-3-34-31(32(33)35-4-2)23-24-12-18-28(19-13-24)36-22-20-29(25-9-6-5-7-10-25)26-14-16-27(17-15-26)30-11-8-21-37-30/h5-21,31H,3-4,22-23H2,1-2H3/b29-20+/t31-/m0/s1. The van der Waals surface area contributed by atoms with Gasteiger partial charge in [0.25, 0.3) is 0 Å². The van der Waals surface area contributed by atoms with Crippen LogP contribution in [0.15, 0.2) is 108 Å². The fourth-order valence-corrected chi connectivity index (χ4v) is 4.08. The lowest BCUT2D eigenvalue weighted by atomic mass is 9.96. The number of esters is 1. The molecule has 0 saturated heterocycles. The molecule has 1 aromatic heterocycles. The van der Waals surface area contributed by atoms with Crippen LogP contribution in [0, 0.1) is 0 Å². The first-order valence-corrected chi connectivity index (χ1v) is 12.6. The second-order valence-corrected chi connectivity index (χ2v) is 8.39. The van der Waals surface area contributed by atoms with E-state index in [4.69, 9.17) is 18.6 Å². The van der Waals surface area contributed by atoms with Crippen LogP contribution in [0.1, 0.15) is 30.5 Å². The summed E-state index contributed by atoms with van der Waals surface area (Å²) in [6.07, 6.45) is 3.63. The van der Waals surface area contributed by atoms with Gasteiger partial charge in [0.05, 0.1) is 12.9 Å². The van der Waals surface area contributed by atoms with Gasteiger partial charge in [0.2, 0.25) is 0 Å². The first-order valence-electron chi connectivity index (χ1n) is 12.6. The summed E-state index contributed by atoms with van der Waals surface area (Å²) in [5.41, 5.74) is 5.33. The minimum atomic E-state index is -0.604. The molecule has 4 rings (SSSR count). The van der Waals surface area contributed by atoms with E-state index in [0.29, 0.717) is 26.2 Å². The maximum atomic E-state index is 12.1. The Hall–Kier alpha value is -4.09. The van der Waals surface area contributed by atoms with Crippen molar-refractivity contribution in [3.8, 4) is 17.1 Å². The van der Waals surface area contributed by atoms with Gasteiger partial charge in [-0.05, 0) is 66.5 Å². The third-order valence-electron chi connectivity index (χ3n) is 5.89. The van der Waals surface area contributed by atoms with E-state index in [2.05, 4.69) is 42.5 Å². The number of ether oxygens (including phenoxy) is 3. The van der Waals surface area contributed by atoms with Crippen molar-refractivity contribution in [3.63, 3.8) is 0 Å². The van der Waals surface area contributed by atoms with E-state index in [-0.39, 0.29) is 5.97 Å². The Labute approximate surface area is 218 Å². The molecule has 0 aliphatic rings. The van der Waals surface area contributed by atoms with Gasteiger partial charge in [-0.3, -0.25) is 0 Å². The molecular formula is C32H32O5. The van der Waals surface area contributed by atoms with Crippen molar-refractivity contribution in [1.29, 1.82) is 0 Å². The Bertz CT molecular complexity index is 1260. The van der Waals surface area contributed by atoms with E-state index in [0.717, 1.165) is 39.3 Å². The quantitative estimate of drug-likeness (QED) is 0.198. The average Bonchev–Trinajstić information content (AvgIpc) is 3.48. The number of furan rings is 1. The zero-order chi connectivity index (χ0) is 25.9. The van der Waals surface area contributed by atoms with Crippen LogP contribution in [-0.4, -0.2) is 31.9 Å². The largest absolute Gasteiger partial charge is 0.490 e. The second-order valence-electron chi connectivity index (χ2n) is 8.39. The molecule has 0 radical (unpaired) electrons. The number of rotatable bonds is 12. The highest BCUT2D eigenvalue weighted by Crippen LogP contribution is 2.27. The first kappa shape index (κ1) is 26.0. The molecule has 37 heavy (non-hydrogen) atoms. The molecule has 4 aromatic rings. The highest BCUT2D eigenvalue weighted by atomic mass is 16.6. The van der Waals surface area contributed by atoms with Gasteiger partial charge in [-0.25, -0.2) is 4.79 Å². The molecule has 1 atom stereocenters. The number of benzene rings is 3. The van der Waals surface area contributed by atoms with Crippen LogP contribution < -0.4 is 4.74 Å². The predicted molar refractivity (Wildman–Crippen MR) is 145 cm³/mol. The molecule has 3 aromatic carbocycles. The third-order valence-corrected chi connectivity index (χ3v) is 5.89. The summed E-state index contributed by atoms with van der Waals surface area (Å²) in [7, 11) is 0. The summed E-state index contributed by atoms with van der Waals surface area (Å²) in [5, 5.41) is 0. The fraction of sp³-hybridized carbons (Fsp3) is 0.219. The summed E-state index contributed by atoms with van der Waals surface area (Å²) in [4.78, 5) is 12.1. The van der Waals surface area contributed by atoms with E-state index in [1.807, 2.05) is 61.5 Å². The van der Waals surface area contributed by atoms with Crippen LogP contribution in [-0.2, 0) is 20.7 Å². The minimum absolute atomic E-state index is 0.333. The van der Waals surface area contributed by atoms with Crippen LogP contribution in [0.2, 0.25) is 0 Å². The molecule has 0 spiro atoms. The highest BCUT2D eigenvalue weighted by molar-refractivity contribution is 5.80. The molecule has 0 aliphatic carbocycles. The molecule has 1 heterocycles. The Morgan fingerprint density at radius 2 is 1.57 bits per heavy atom. The lowest BCUT2D eigenvalue weighted by Crippen LogP contribution is -2.28. The van der Waals surface area contributed by atoms with Crippen molar-refractivity contribution < 1.29 is 23.4 Å². The molecule has 0 aliphatic heterocycles. The van der Waals surface area contributed by atoms with Gasteiger partial charge < -0.3 is 18.6 Å². The molecule has 0 amide bonds. The first-order chi connectivity index (χ1) is 18.2. The molecule has 5 nitrogen and oxygen atoms in total. The van der Waals surface area contributed by atoms with Gasteiger partial charge >= 0.3 is 5.97 Å². The summed E-state index contributed by atoms with van der Waals surface area (Å²) in [6, 6.07) is 30.2. The van der Waals surface area contributed by atoms with E-state index in [1.165, 1.54) is 0 Å². The summed E-state index contributed by atoms with van der Waals surface area (Å²) in [5.74, 6) is 1.27. The van der Waals surface area contributed by atoms with Crippen molar-refractivity contribution in [3.05, 3.63) is 120 Å². The van der Waals surface area contributed by atoms with Gasteiger partial charge in [-0.15, -0.1) is 0 Å². The van der Waals surface area contributed by atoms with Crippen LogP contribution >= 0.6 is 0 Å². The molecule has 0 unspecified atom stereocenters. The maximum absolute atomic E-state index is 12.1. The molecule has 0 bridgehead atoms. The van der Waals surface area contributed by atoms with Crippen molar-refractivity contribution >= 4 is 11.5 Å². The Morgan fingerprint density at radius 1 is 0.838 bits per heavy atom. The Kier molecular flexibility index (Phi) is 9.33. The molecule has 0 saturated carbocycles. The second kappa shape index (κ2) is 13.3. The Balaban J connectivity index is 1.44. The monoisotopic (exact) mass is 496 g/mol. The highest BCUT2D eigenvalue weighted by Gasteiger charge is 2.20. The summed E-state index contributed by atoms with van der Waals surface area (Å²) in [6.45, 7) is 4.86. The van der Waals surface area contributed by atoms with Crippen molar-refractivity contribution in [1.82, 2.24) is 0 Å². The van der Waals surface area contributed by atoms with Gasteiger partial charge in [0, 0.05) is 18.6 Å². The van der Waals surface area contributed by atoms with Gasteiger partial charge in [0.1, 0.15) is 18.1 Å². The fourth-order valence-electron chi connectivity index (χ4n) is 4.08. The molecule has 0 N–H and O–H groups in total. The lowest BCUT2D eigenvalue weighted by Gasteiger charge is -2.15. The number of carbonyl (C=O) groups is 1. The lowest BCUT2D eigenvalue weighted by molar-refractivity contribution is -0.156. The summed E-state index contributed by atoms with van der Waals surface area (Å²) < 4.78 is 22.3. The van der Waals surface area contributed by atoms with Gasteiger partial charge in [0.15, 0.2) is 6.10 Å². The molecule has 0 fully saturated rings. The predicted octanol–water partition coefficient (Wildman–Crippen LogP) is 6.97. The van der Waals surface area contributed by atoms with E-state index < -0.39 is 6.10 Å². The minimum Gasteiger partial charge on any atom is -0.490 e. The normalized spacial score (nSPS) is 12.2. The Morgan fingerprint density at radius 3 is 2.22 bits per heavy atom. The van der Waals surface area contributed by atoms with E-state index >= 15 is 0 Å². The van der Waals surface area contributed by atoms with Crippen LogP contribution in [0.25, 0.3) is 16.9 Å². The third kappa shape index (κ3) is 7.21. The number of carbonyl (C=O) groups excluding carboxylic acids is 1. The smallest absolute Gasteiger partial charge is 0.335 e. The molecule has 190 valence electrons. The van der Waals surface area contributed by atoms with Crippen LogP contribution in [0.5, 0.6) is 5.75 Å². The maximum Gasteiger partial charge on any atom is 0.335 e. The topological polar surface area (TPSA) is 57.9 Å². The zero-order valence-corrected chi connectivity index (χ0v) is 21.3. The summed E-state index contributed by atoms with van der Waals surface area (Å²) >= 11 is 0. The average molecular weight is 497 g/mol. The van der Waals surface area contributed by atoms with Gasteiger partial charge in [-0.1, -0.05) is 66.7 Å². The number of hydrogen-bond acceptors (Lipinski definition) is 5. The van der Waals surface area contributed by atoms with Crippen LogP contribution in [0.4, 0.5) is 0 Å². The van der Waals surface area contributed by atoms with Crippen molar-refractivity contribution in [2.75, 3.05) is 19.8 Å². The van der Waals surface area contributed by atoms with Crippen molar-refractivity contribution in [2.45, 2.75) is 26.4 Å². The SMILES string of the molecule is CCOC(=O)[C@H](Cc1ccc(OC/C=C(\c2ccccc2)c2ccc(-c3ccco3)cc2)cc1)OCC. The number of hydrogen-bond donors (Lipinski definition) is 0. The zero-order valence-electron chi connectivity index (χ0n) is 21.3. The van der Waals surface area contributed by atoms with E-state index in [1.54, 1.807) is 13.2 Å². The van der Waals surface area contributed by atoms with E-state index in [9.17, 15) is 4.79 Å². The van der Waals surface area contributed by atoms with Gasteiger partial charge in [-0.2, -0.15) is 0 Å². The molecule has 5 heteroatoms.